The van der Waals surface area contributed by atoms with E-state index >= 15 is 0 Å². The van der Waals surface area contributed by atoms with Crippen LogP contribution in [0, 0.1) is 5.92 Å². The van der Waals surface area contributed by atoms with Gasteiger partial charge in [0.1, 0.15) is 5.75 Å². The average Bonchev–Trinajstić information content (AvgIpc) is 2.90. The summed E-state index contributed by atoms with van der Waals surface area (Å²) in [4.78, 5) is 0. The molecule has 1 atom stereocenters. The molecule has 0 radical (unpaired) electrons. The van der Waals surface area contributed by atoms with Crippen molar-refractivity contribution >= 4 is 0 Å². The van der Waals surface area contributed by atoms with E-state index in [2.05, 4.69) is 0 Å². The van der Waals surface area contributed by atoms with E-state index < -0.39 is 0 Å². The van der Waals surface area contributed by atoms with Crippen LogP contribution in [0.5, 0.6) is 5.75 Å². The van der Waals surface area contributed by atoms with Gasteiger partial charge in [-0.15, -0.1) is 0 Å². The van der Waals surface area contributed by atoms with Crippen LogP contribution in [0.1, 0.15) is 43.7 Å². The van der Waals surface area contributed by atoms with E-state index in [9.17, 15) is 0 Å². The number of ether oxygens (including phenoxy) is 1. The molecule has 0 aliphatic heterocycles. The van der Waals surface area contributed by atoms with Crippen molar-refractivity contribution in [1.82, 2.24) is 0 Å². The van der Waals surface area contributed by atoms with Crippen molar-refractivity contribution in [3.05, 3.63) is 29.8 Å². The fourth-order valence-corrected chi connectivity index (χ4v) is 2.53. The molecule has 18 heavy (non-hydrogen) atoms. The van der Waals surface area contributed by atoms with E-state index in [4.69, 9.17) is 15.6 Å². The Kier molecular flexibility index (Phi) is 5.02. The molecule has 3 heteroatoms. The minimum absolute atomic E-state index is 0.106. The van der Waals surface area contributed by atoms with Crippen LogP contribution < -0.4 is 10.5 Å². The summed E-state index contributed by atoms with van der Waals surface area (Å²) in [6, 6.07) is 7.82. The molecule has 0 amide bonds. The van der Waals surface area contributed by atoms with Gasteiger partial charge in [0.15, 0.2) is 0 Å². The molecule has 1 saturated carbocycles. The summed E-state index contributed by atoms with van der Waals surface area (Å²) in [6.07, 6.45) is 5.87. The van der Waals surface area contributed by atoms with Gasteiger partial charge in [-0.2, -0.15) is 0 Å². The minimum Gasteiger partial charge on any atom is -0.493 e. The molecule has 0 saturated heterocycles. The van der Waals surface area contributed by atoms with Gasteiger partial charge in [0, 0.05) is 12.6 Å². The van der Waals surface area contributed by atoms with Gasteiger partial charge in [-0.1, -0.05) is 25.0 Å². The Balaban J connectivity index is 1.89. The first-order chi connectivity index (χ1) is 8.79. The molecule has 1 aromatic carbocycles. The Bertz CT molecular complexity index is 361. The number of aliphatic hydroxyl groups excluding tert-OH is 1. The Labute approximate surface area is 109 Å². The van der Waals surface area contributed by atoms with E-state index in [1.807, 2.05) is 24.3 Å². The predicted molar refractivity (Wildman–Crippen MR) is 72.5 cm³/mol. The Morgan fingerprint density at radius 2 is 2.11 bits per heavy atom. The molecule has 0 bridgehead atoms. The van der Waals surface area contributed by atoms with Crippen LogP contribution in [0.3, 0.4) is 0 Å². The molecule has 3 N–H and O–H groups in total. The number of hydrogen-bond acceptors (Lipinski definition) is 3. The summed E-state index contributed by atoms with van der Waals surface area (Å²) in [5.41, 5.74) is 7.01. The number of rotatable bonds is 6. The van der Waals surface area contributed by atoms with Gasteiger partial charge in [0.25, 0.3) is 0 Å². The molecule has 1 unspecified atom stereocenters. The second kappa shape index (κ2) is 6.76. The fourth-order valence-electron chi connectivity index (χ4n) is 2.53. The number of hydrogen-bond donors (Lipinski definition) is 2. The lowest BCUT2D eigenvalue weighted by atomic mass is 10.0. The van der Waals surface area contributed by atoms with E-state index in [1.54, 1.807) is 0 Å². The third-order valence-electron chi connectivity index (χ3n) is 3.69. The highest BCUT2D eigenvalue weighted by molar-refractivity contribution is 5.30. The normalized spacial score (nSPS) is 17.9. The smallest absolute Gasteiger partial charge is 0.119 e. The van der Waals surface area contributed by atoms with E-state index in [0.29, 0.717) is 6.42 Å². The molecule has 3 nitrogen and oxygen atoms in total. The fraction of sp³-hybridized carbons (Fsp3) is 0.600. The molecule has 0 spiro atoms. The Hall–Kier alpha value is -1.06. The van der Waals surface area contributed by atoms with Gasteiger partial charge in [0.2, 0.25) is 0 Å². The lowest BCUT2D eigenvalue weighted by molar-refractivity contribution is 0.251. The standard InChI is InChI=1S/C15H23NO2/c16-15(8-9-17)13-6-3-7-14(10-13)18-11-12-4-1-2-5-12/h3,6-7,10,12,15,17H,1-2,4-5,8-9,11,16H2. The van der Waals surface area contributed by atoms with Gasteiger partial charge in [-0.05, 0) is 42.9 Å². The second-order valence-electron chi connectivity index (χ2n) is 5.15. The van der Waals surface area contributed by atoms with Crippen LogP contribution in [-0.2, 0) is 0 Å². The Morgan fingerprint density at radius 3 is 2.83 bits per heavy atom. The van der Waals surface area contributed by atoms with Gasteiger partial charge in [-0.3, -0.25) is 0 Å². The van der Waals surface area contributed by atoms with Crippen molar-refractivity contribution in [2.45, 2.75) is 38.1 Å². The molecule has 1 aromatic rings. The summed E-state index contributed by atoms with van der Waals surface area (Å²) >= 11 is 0. The van der Waals surface area contributed by atoms with E-state index in [-0.39, 0.29) is 12.6 Å². The number of nitrogens with two attached hydrogens (primary N) is 1. The topological polar surface area (TPSA) is 55.5 Å². The maximum atomic E-state index is 8.90. The molecule has 0 heterocycles. The SMILES string of the molecule is NC(CCO)c1cccc(OCC2CCCC2)c1. The van der Waals surface area contributed by atoms with Crippen molar-refractivity contribution in [3.63, 3.8) is 0 Å². The predicted octanol–water partition coefficient (Wildman–Crippen LogP) is 2.64. The summed E-state index contributed by atoms with van der Waals surface area (Å²) in [5.74, 6) is 1.62. The maximum absolute atomic E-state index is 8.90. The largest absolute Gasteiger partial charge is 0.493 e. The lowest BCUT2D eigenvalue weighted by Gasteiger charge is -2.14. The first kappa shape index (κ1) is 13.4. The molecule has 0 aromatic heterocycles. The van der Waals surface area contributed by atoms with Gasteiger partial charge in [0.05, 0.1) is 6.61 Å². The molecule has 2 rings (SSSR count). The van der Waals surface area contributed by atoms with Crippen LogP contribution in [0.25, 0.3) is 0 Å². The molecule has 1 aliphatic rings. The van der Waals surface area contributed by atoms with Gasteiger partial charge >= 0.3 is 0 Å². The summed E-state index contributed by atoms with van der Waals surface area (Å²) in [6.45, 7) is 0.938. The highest BCUT2D eigenvalue weighted by atomic mass is 16.5. The summed E-state index contributed by atoms with van der Waals surface area (Å²) < 4.78 is 5.84. The van der Waals surface area contributed by atoms with Crippen LogP contribution in [0.15, 0.2) is 24.3 Å². The minimum atomic E-state index is -0.106. The van der Waals surface area contributed by atoms with Crippen LogP contribution in [-0.4, -0.2) is 18.3 Å². The number of benzene rings is 1. The van der Waals surface area contributed by atoms with Crippen molar-refractivity contribution < 1.29 is 9.84 Å². The monoisotopic (exact) mass is 249 g/mol. The maximum Gasteiger partial charge on any atom is 0.119 e. The van der Waals surface area contributed by atoms with E-state index in [0.717, 1.165) is 23.8 Å². The zero-order chi connectivity index (χ0) is 12.8. The highest BCUT2D eigenvalue weighted by Crippen LogP contribution is 2.26. The molecule has 100 valence electrons. The van der Waals surface area contributed by atoms with Crippen molar-refractivity contribution in [2.75, 3.05) is 13.2 Å². The third-order valence-corrected chi connectivity index (χ3v) is 3.69. The lowest BCUT2D eigenvalue weighted by Crippen LogP contribution is -2.12. The van der Waals surface area contributed by atoms with Gasteiger partial charge < -0.3 is 15.6 Å². The first-order valence-electron chi connectivity index (χ1n) is 6.89. The molecular weight excluding hydrogens is 226 g/mol. The van der Waals surface area contributed by atoms with Crippen molar-refractivity contribution in [3.8, 4) is 5.75 Å². The summed E-state index contributed by atoms with van der Waals surface area (Å²) in [5, 5.41) is 8.90. The van der Waals surface area contributed by atoms with E-state index in [1.165, 1.54) is 25.7 Å². The Morgan fingerprint density at radius 1 is 1.33 bits per heavy atom. The zero-order valence-corrected chi connectivity index (χ0v) is 10.8. The van der Waals surface area contributed by atoms with Gasteiger partial charge in [-0.25, -0.2) is 0 Å². The highest BCUT2D eigenvalue weighted by Gasteiger charge is 2.15. The third kappa shape index (κ3) is 3.72. The van der Waals surface area contributed by atoms with Crippen LogP contribution >= 0.6 is 0 Å². The van der Waals surface area contributed by atoms with Crippen LogP contribution in [0.4, 0.5) is 0 Å². The molecular formula is C15H23NO2. The average molecular weight is 249 g/mol. The summed E-state index contributed by atoms with van der Waals surface area (Å²) in [7, 11) is 0. The molecule has 1 aliphatic carbocycles. The van der Waals surface area contributed by atoms with Crippen LogP contribution in [0.2, 0.25) is 0 Å². The quantitative estimate of drug-likeness (QED) is 0.815. The zero-order valence-electron chi connectivity index (χ0n) is 10.8. The molecule has 1 fully saturated rings. The van der Waals surface area contributed by atoms with Crippen molar-refractivity contribution in [2.24, 2.45) is 11.7 Å². The van der Waals surface area contributed by atoms with Crippen molar-refractivity contribution in [1.29, 1.82) is 0 Å². The first-order valence-corrected chi connectivity index (χ1v) is 6.89. The second-order valence-corrected chi connectivity index (χ2v) is 5.15. The number of aliphatic hydroxyl groups is 1.